The molecule has 1 aromatic heterocycles. The van der Waals surface area contributed by atoms with Crippen LogP contribution in [0.25, 0.3) is 11.1 Å². The van der Waals surface area contributed by atoms with Crippen molar-refractivity contribution in [3.63, 3.8) is 0 Å². The second-order valence-corrected chi connectivity index (χ2v) is 8.19. The first-order chi connectivity index (χ1) is 14.9. The van der Waals surface area contributed by atoms with Crippen molar-refractivity contribution in [1.29, 1.82) is 0 Å². The van der Waals surface area contributed by atoms with Gasteiger partial charge < -0.3 is 14.2 Å². The first kappa shape index (κ1) is 20.9. The van der Waals surface area contributed by atoms with Gasteiger partial charge >= 0.3 is 5.76 Å². The standard InChI is InChI=1S/C24H27N3O4/c1-17(2)18-7-9-19(10-8-18)23(29)26-15-13-25(14-16-26)22(28)11-12-27-20-5-3-4-6-21(20)31-24(27)30/h3-10,17H,11-16H2,1-2H3. The maximum atomic E-state index is 12.8. The molecule has 2 aromatic carbocycles. The van der Waals surface area contributed by atoms with E-state index in [-0.39, 0.29) is 24.8 Å². The molecule has 1 saturated heterocycles. The fourth-order valence-electron chi connectivity index (χ4n) is 3.94. The first-order valence-electron chi connectivity index (χ1n) is 10.7. The minimum atomic E-state index is -0.451. The van der Waals surface area contributed by atoms with Gasteiger partial charge in [-0.2, -0.15) is 0 Å². The zero-order valence-corrected chi connectivity index (χ0v) is 17.9. The van der Waals surface area contributed by atoms with Crippen molar-refractivity contribution in [3.05, 3.63) is 70.2 Å². The van der Waals surface area contributed by atoms with Gasteiger partial charge in [-0.3, -0.25) is 14.2 Å². The summed E-state index contributed by atoms with van der Waals surface area (Å²) >= 11 is 0. The molecule has 1 aliphatic heterocycles. The van der Waals surface area contributed by atoms with E-state index in [2.05, 4.69) is 13.8 Å². The molecular formula is C24H27N3O4. The van der Waals surface area contributed by atoms with Gasteiger partial charge in [0.25, 0.3) is 5.91 Å². The van der Waals surface area contributed by atoms with E-state index in [1.54, 1.807) is 21.9 Å². The molecule has 0 saturated carbocycles. The molecule has 3 aromatic rings. The molecule has 0 unspecified atom stereocenters. The number of hydrogen-bond acceptors (Lipinski definition) is 4. The lowest BCUT2D eigenvalue weighted by Gasteiger charge is -2.35. The van der Waals surface area contributed by atoms with E-state index in [1.165, 1.54) is 10.1 Å². The highest BCUT2D eigenvalue weighted by molar-refractivity contribution is 5.94. The van der Waals surface area contributed by atoms with Crippen LogP contribution in [0.4, 0.5) is 0 Å². The van der Waals surface area contributed by atoms with Gasteiger partial charge in [0.05, 0.1) is 5.52 Å². The number of carbonyl (C=O) groups excluding carboxylic acids is 2. The highest BCUT2D eigenvalue weighted by Gasteiger charge is 2.25. The van der Waals surface area contributed by atoms with Crippen LogP contribution >= 0.6 is 0 Å². The lowest BCUT2D eigenvalue weighted by Crippen LogP contribution is -2.50. The molecule has 7 nitrogen and oxygen atoms in total. The molecule has 7 heteroatoms. The van der Waals surface area contributed by atoms with Crippen molar-refractivity contribution < 1.29 is 14.0 Å². The van der Waals surface area contributed by atoms with Crippen LogP contribution in [0, 0.1) is 0 Å². The monoisotopic (exact) mass is 421 g/mol. The summed E-state index contributed by atoms with van der Waals surface area (Å²) in [6.07, 6.45) is 0.216. The maximum absolute atomic E-state index is 12.8. The number of para-hydroxylation sites is 2. The van der Waals surface area contributed by atoms with Gasteiger partial charge in [-0.05, 0) is 35.7 Å². The Hall–Kier alpha value is -3.35. The quantitative estimate of drug-likeness (QED) is 0.634. The molecule has 0 N–H and O–H groups in total. The molecular weight excluding hydrogens is 394 g/mol. The van der Waals surface area contributed by atoms with Gasteiger partial charge in [0.2, 0.25) is 5.91 Å². The van der Waals surface area contributed by atoms with E-state index in [0.29, 0.717) is 48.8 Å². The number of rotatable bonds is 5. The number of carbonyl (C=O) groups is 2. The minimum absolute atomic E-state index is 0.00109. The summed E-state index contributed by atoms with van der Waals surface area (Å²) in [4.78, 5) is 41.1. The fourth-order valence-corrected chi connectivity index (χ4v) is 3.94. The number of aryl methyl sites for hydroxylation is 1. The van der Waals surface area contributed by atoms with Crippen LogP contribution in [0.1, 0.15) is 42.1 Å². The second kappa shape index (κ2) is 8.79. The summed E-state index contributed by atoms with van der Waals surface area (Å²) in [6.45, 7) is 6.52. The lowest BCUT2D eigenvalue weighted by molar-refractivity contribution is -0.132. The average Bonchev–Trinajstić information content (AvgIpc) is 3.12. The number of fused-ring (bicyclic) bond motifs is 1. The van der Waals surface area contributed by atoms with Crippen molar-refractivity contribution in [2.75, 3.05) is 26.2 Å². The molecule has 2 amide bonds. The fraction of sp³-hybridized carbons (Fsp3) is 0.375. The van der Waals surface area contributed by atoms with Crippen molar-refractivity contribution in [3.8, 4) is 0 Å². The SMILES string of the molecule is CC(C)c1ccc(C(=O)N2CCN(C(=O)CCn3c(=O)oc4ccccc43)CC2)cc1. The third kappa shape index (κ3) is 4.40. The maximum Gasteiger partial charge on any atom is 0.419 e. The van der Waals surface area contributed by atoms with Gasteiger partial charge in [0.15, 0.2) is 5.58 Å². The predicted molar refractivity (Wildman–Crippen MR) is 118 cm³/mol. The Morgan fingerprint density at radius 1 is 0.935 bits per heavy atom. The van der Waals surface area contributed by atoms with Crippen LogP contribution in [0.3, 0.4) is 0 Å². The van der Waals surface area contributed by atoms with Gasteiger partial charge in [0.1, 0.15) is 0 Å². The first-order valence-corrected chi connectivity index (χ1v) is 10.7. The molecule has 31 heavy (non-hydrogen) atoms. The van der Waals surface area contributed by atoms with E-state index in [0.717, 1.165) is 0 Å². The van der Waals surface area contributed by atoms with Crippen LogP contribution in [0.2, 0.25) is 0 Å². The number of piperazine rings is 1. The Balaban J connectivity index is 1.32. The second-order valence-electron chi connectivity index (χ2n) is 8.19. The Bertz CT molecular complexity index is 1140. The summed E-state index contributed by atoms with van der Waals surface area (Å²) < 4.78 is 6.71. The average molecular weight is 421 g/mol. The molecule has 0 radical (unpaired) electrons. The van der Waals surface area contributed by atoms with Crippen molar-refractivity contribution >= 4 is 22.9 Å². The Kier molecular flexibility index (Phi) is 5.93. The highest BCUT2D eigenvalue weighted by Crippen LogP contribution is 2.17. The van der Waals surface area contributed by atoms with Gasteiger partial charge in [-0.25, -0.2) is 4.79 Å². The number of hydrogen-bond donors (Lipinski definition) is 0. The van der Waals surface area contributed by atoms with Gasteiger partial charge in [0, 0.05) is 44.7 Å². The van der Waals surface area contributed by atoms with Crippen LogP contribution in [0.5, 0.6) is 0 Å². The van der Waals surface area contributed by atoms with E-state index in [4.69, 9.17) is 4.42 Å². The molecule has 0 aliphatic carbocycles. The number of oxazole rings is 1. The summed E-state index contributed by atoms with van der Waals surface area (Å²) in [5, 5.41) is 0. The largest absolute Gasteiger partial charge is 0.419 e. The Morgan fingerprint density at radius 2 is 1.58 bits per heavy atom. The van der Waals surface area contributed by atoms with E-state index in [9.17, 15) is 14.4 Å². The summed E-state index contributed by atoms with van der Waals surface area (Å²) in [5.41, 5.74) is 3.10. The molecule has 0 spiro atoms. The zero-order chi connectivity index (χ0) is 22.0. The van der Waals surface area contributed by atoms with Crippen LogP contribution < -0.4 is 5.76 Å². The van der Waals surface area contributed by atoms with Gasteiger partial charge in [-0.1, -0.05) is 38.1 Å². The zero-order valence-electron chi connectivity index (χ0n) is 17.9. The number of amides is 2. The lowest BCUT2D eigenvalue weighted by atomic mass is 10.0. The summed E-state index contributed by atoms with van der Waals surface area (Å²) in [6, 6.07) is 14.9. The highest BCUT2D eigenvalue weighted by atomic mass is 16.4. The molecule has 4 rings (SSSR count). The number of aromatic nitrogens is 1. The molecule has 0 atom stereocenters. The van der Waals surface area contributed by atoms with E-state index < -0.39 is 5.76 Å². The van der Waals surface area contributed by atoms with Crippen LogP contribution in [-0.2, 0) is 11.3 Å². The number of nitrogens with zero attached hydrogens (tertiary/aromatic N) is 3. The van der Waals surface area contributed by atoms with Crippen molar-refractivity contribution in [2.45, 2.75) is 32.7 Å². The van der Waals surface area contributed by atoms with E-state index in [1.807, 2.05) is 36.4 Å². The summed E-state index contributed by atoms with van der Waals surface area (Å²) in [5.74, 6) is -0.0492. The number of benzene rings is 2. The third-order valence-corrected chi connectivity index (χ3v) is 5.87. The Morgan fingerprint density at radius 3 is 2.26 bits per heavy atom. The van der Waals surface area contributed by atoms with Crippen molar-refractivity contribution in [1.82, 2.24) is 14.4 Å². The smallest absolute Gasteiger partial charge is 0.408 e. The predicted octanol–water partition coefficient (Wildman–Crippen LogP) is 3.09. The van der Waals surface area contributed by atoms with Crippen LogP contribution in [0.15, 0.2) is 57.7 Å². The summed E-state index contributed by atoms with van der Waals surface area (Å²) in [7, 11) is 0. The van der Waals surface area contributed by atoms with Gasteiger partial charge in [-0.15, -0.1) is 0 Å². The molecule has 162 valence electrons. The van der Waals surface area contributed by atoms with Crippen LogP contribution in [-0.4, -0.2) is 52.4 Å². The third-order valence-electron chi connectivity index (χ3n) is 5.87. The molecule has 1 fully saturated rings. The molecule has 0 bridgehead atoms. The molecule has 1 aliphatic rings. The minimum Gasteiger partial charge on any atom is -0.408 e. The normalized spacial score (nSPS) is 14.4. The topological polar surface area (TPSA) is 75.8 Å². The molecule has 2 heterocycles. The van der Waals surface area contributed by atoms with Crippen molar-refractivity contribution in [2.24, 2.45) is 0 Å². The van der Waals surface area contributed by atoms with E-state index >= 15 is 0 Å². The Labute approximate surface area is 180 Å².